The number of amides is 2. The number of rotatable bonds is 5. The van der Waals surface area contributed by atoms with Gasteiger partial charge < -0.3 is 10.4 Å². The third-order valence-corrected chi connectivity index (χ3v) is 6.62. The summed E-state index contributed by atoms with van der Waals surface area (Å²) >= 11 is 0. The Balaban J connectivity index is 1.70. The third kappa shape index (κ3) is 4.49. The topological polar surface area (TPSA) is 86.7 Å². The van der Waals surface area contributed by atoms with Gasteiger partial charge in [0, 0.05) is 23.9 Å². The molecular weight excluding hydrogens is 464 g/mol. The fourth-order valence-electron chi connectivity index (χ4n) is 4.78. The van der Waals surface area contributed by atoms with Crippen molar-refractivity contribution in [3.8, 4) is 0 Å². The highest BCUT2D eigenvalue weighted by Crippen LogP contribution is 2.43. The lowest BCUT2D eigenvalue weighted by Crippen LogP contribution is -2.29. The third-order valence-electron chi connectivity index (χ3n) is 6.62. The Morgan fingerprint density at radius 3 is 2.32 bits per heavy atom. The number of aliphatic hydroxyl groups is 1. The molecule has 4 aromatic rings. The molecule has 1 heterocycles. The first kappa shape index (κ1) is 24.0. The van der Waals surface area contributed by atoms with Crippen LogP contribution in [0.2, 0.25) is 0 Å². The van der Waals surface area contributed by atoms with E-state index >= 15 is 0 Å². The first-order chi connectivity index (χ1) is 17.9. The van der Waals surface area contributed by atoms with E-state index in [9.17, 15) is 19.5 Å². The first-order valence-electron chi connectivity index (χ1n) is 12.1. The summed E-state index contributed by atoms with van der Waals surface area (Å²) in [5.74, 6) is -1.98. The predicted octanol–water partition coefficient (Wildman–Crippen LogP) is 5.99. The molecule has 1 saturated heterocycles. The Morgan fingerprint density at radius 1 is 0.892 bits per heavy atom. The van der Waals surface area contributed by atoms with Crippen LogP contribution in [0.3, 0.4) is 0 Å². The maximum absolute atomic E-state index is 13.5. The van der Waals surface area contributed by atoms with E-state index in [2.05, 4.69) is 5.32 Å². The van der Waals surface area contributed by atoms with Gasteiger partial charge in [0.2, 0.25) is 5.91 Å². The fourth-order valence-corrected chi connectivity index (χ4v) is 4.78. The molecule has 6 heteroatoms. The van der Waals surface area contributed by atoms with E-state index in [0.29, 0.717) is 22.5 Å². The van der Waals surface area contributed by atoms with E-state index in [1.807, 2.05) is 67.6 Å². The van der Waals surface area contributed by atoms with Gasteiger partial charge in [0.05, 0.1) is 11.6 Å². The molecule has 2 amide bonds. The van der Waals surface area contributed by atoms with Gasteiger partial charge in [-0.2, -0.15) is 0 Å². The number of hydrogen-bond acceptors (Lipinski definition) is 4. The summed E-state index contributed by atoms with van der Waals surface area (Å²) in [7, 11) is 0. The Kier molecular flexibility index (Phi) is 6.32. The van der Waals surface area contributed by atoms with E-state index in [4.69, 9.17) is 0 Å². The van der Waals surface area contributed by atoms with Gasteiger partial charge in [0.1, 0.15) is 5.76 Å². The molecule has 1 aliphatic heterocycles. The lowest BCUT2D eigenvalue weighted by Gasteiger charge is -2.26. The maximum atomic E-state index is 13.5. The van der Waals surface area contributed by atoms with E-state index in [-0.39, 0.29) is 17.2 Å². The molecule has 37 heavy (non-hydrogen) atoms. The number of carbonyl (C=O) groups excluding carboxylic acids is 3. The molecule has 0 bridgehead atoms. The van der Waals surface area contributed by atoms with Crippen LogP contribution in [0, 0.1) is 0 Å². The second-order valence-corrected chi connectivity index (χ2v) is 9.06. The second kappa shape index (κ2) is 9.74. The zero-order valence-electron chi connectivity index (χ0n) is 20.6. The summed E-state index contributed by atoms with van der Waals surface area (Å²) in [6, 6.07) is 26.8. The van der Waals surface area contributed by atoms with Crippen LogP contribution in [0.25, 0.3) is 16.5 Å². The van der Waals surface area contributed by atoms with Gasteiger partial charge in [-0.15, -0.1) is 0 Å². The Bertz CT molecular complexity index is 1570. The number of hydrogen-bond donors (Lipinski definition) is 2. The maximum Gasteiger partial charge on any atom is 0.300 e. The number of aryl methyl sites for hydroxylation is 1. The smallest absolute Gasteiger partial charge is 0.300 e. The summed E-state index contributed by atoms with van der Waals surface area (Å²) in [5.41, 5.74) is 3.23. The lowest BCUT2D eigenvalue weighted by atomic mass is 9.93. The number of nitrogens with zero attached hydrogens (tertiary/aromatic N) is 1. The molecule has 5 rings (SSSR count). The summed E-state index contributed by atoms with van der Waals surface area (Å²) < 4.78 is 0. The van der Waals surface area contributed by atoms with Crippen LogP contribution in [-0.2, 0) is 20.8 Å². The number of aliphatic hydroxyl groups excluding tert-OH is 1. The van der Waals surface area contributed by atoms with Crippen molar-refractivity contribution in [2.75, 3.05) is 10.2 Å². The number of ketones is 1. The number of carbonyl (C=O) groups is 3. The molecular formula is C31H26N2O4. The Labute approximate surface area is 214 Å². The second-order valence-electron chi connectivity index (χ2n) is 9.06. The van der Waals surface area contributed by atoms with E-state index in [1.54, 1.807) is 30.3 Å². The molecule has 184 valence electrons. The Morgan fingerprint density at radius 2 is 1.62 bits per heavy atom. The number of nitrogens with one attached hydrogen (secondary N) is 1. The standard InChI is InChI=1S/C31H26N2O4/c1-3-20-11-13-22(14-12-20)28-27(29(35)24-16-15-21-7-4-5-8-23(21)17-24)30(36)31(37)33(28)26-10-6-9-25(18-26)32-19(2)34/h4-18,28,35H,3H2,1-2H3,(H,32,34)/b29-27-. The number of Topliss-reactive ketones (excluding diaryl/α,β-unsaturated/α-hetero) is 1. The van der Waals surface area contributed by atoms with Crippen molar-refractivity contribution in [3.05, 3.63) is 113 Å². The zero-order chi connectivity index (χ0) is 26.1. The van der Waals surface area contributed by atoms with Crippen molar-refractivity contribution in [3.63, 3.8) is 0 Å². The van der Waals surface area contributed by atoms with Gasteiger partial charge >= 0.3 is 0 Å². The lowest BCUT2D eigenvalue weighted by molar-refractivity contribution is -0.132. The highest BCUT2D eigenvalue weighted by molar-refractivity contribution is 6.51. The molecule has 0 aromatic heterocycles. The van der Waals surface area contributed by atoms with Crippen LogP contribution in [0.1, 0.15) is 36.6 Å². The van der Waals surface area contributed by atoms with Gasteiger partial charge in [0.25, 0.3) is 11.7 Å². The molecule has 1 atom stereocenters. The van der Waals surface area contributed by atoms with Gasteiger partial charge in [-0.1, -0.05) is 73.7 Å². The van der Waals surface area contributed by atoms with Crippen LogP contribution in [0.5, 0.6) is 0 Å². The van der Waals surface area contributed by atoms with Crippen LogP contribution in [0.4, 0.5) is 11.4 Å². The molecule has 4 aromatic carbocycles. The normalized spacial score (nSPS) is 16.8. The van der Waals surface area contributed by atoms with E-state index in [0.717, 1.165) is 22.8 Å². The number of benzene rings is 4. The fraction of sp³-hybridized carbons (Fsp3) is 0.129. The molecule has 1 unspecified atom stereocenters. The molecule has 1 fully saturated rings. The monoisotopic (exact) mass is 490 g/mol. The average molecular weight is 491 g/mol. The molecule has 2 N–H and O–H groups in total. The predicted molar refractivity (Wildman–Crippen MR) is 145 cm³/mol. The van der Waals surface area contributed by atoms with Gasteiger partial charge in [-0.05, 0) is 52.6 Å². The number of fused-ring (bicyclic) bond motifs is 1. The van der Waals surface area contributed by atoms with Crippen molar-refractivity contribution in [2.45, 2.75) is 26.3 Å². The van der Waals surface area contributed by atoms with Crippen LogP contribution in [0.15, 0.2) is 96.6 Å². The molecule has 0 aliphatic carbocycles. The summed E-state index contributed by atoms with van der Waals surface area (Å²) in [5, 5.41) is 16.1. The minimum absolute atomic E-state index is 0.0226. The van der Waals surface area contributed by atoms with Crippen LogP contribution in [-0.4, -0.2) is 22.7 Å². The Hall–Kier alpha value is -4.71. The van der Waals surface area contributed by atoms with Crippen molar-refractivity contribution in [1.29, 1.82) is 0 Å². The molecule has 0 saturated carbocycles. The first-order valence-corrected chi connectivity index (χ1v) is 12.1. The van der Waals surface area contributed by atoms with E-state index < -0.39 is 17.7 Å². The summed E-state index contributed by atoms with van der Waals surface area (Å²) in [6.45, 7) is 3.45. The highest BCUT2D eigenvalue weighted by Gasteiger charge is 2.47. The molecule has 0 radical (unpaired) electrons. The van der Waals surface area contributed by atoms with Gasteiger partial charge in [-0.25, -0.2) is 0 Å². The van der Waals surface area contributed by atoms with Crippen molar-refractivity contribution in [2.24, 2.45) is 0 Å². The van der Waals surface area contributed by atoms with Crippen LogP contribution >= 0.6 is 0 Å². The molecule has 1 aliphatic rings. The van der Waals surface area contributed by atoms with Crippen LogP contribution < -0.4 is 10.2 Å². The zero-order valence-corrected chi connectivity index (χ0v) is 20.6. The average Bonchev–Trinajstić information content (AvgIpc) is 3.18. The SMILES string of the molecule is CCc1ccc(C2/C(=C(/O)c3ccc4ccccc4c3)C(=O)C(=O)N2c2cccc(NC(C)=O)c2)cc1. The minimum atomic E-state index is -0.843. The quantitative estimate of drug-likeness (QED) is 0.204. The number of anilines is 2. The summed E-state index contributed by atoms with van der Waals surface area (Å²) in [6.07, 6.45) is 0.844. The largest absolute Gasteiger partial charge is 0.507 e. The van der Waals surface area contributed by atoms with Gasteiger partial charge in [-0.3, -0.25) is 19.3 Å². The highest BCUT2D eigenvalue weighted by atomic mass is 16.3. The van der Waals surface area contributed by atoms with Gasteiger partial charge in [0.15, 0.2) is 0 Å². The van der Waals surface area contributed by atoms with Crippen molar-refractivity contribution >= 4 is 45.5 Å². The summed E-state index contributed by atoms with van der Waals surface area (Å²) in [4.78, 5) is 39.9. The minimum Gasteiger partial charge on any atom is -0.507 e. The molecule has 0 spiro atoms. The van der Waals surface area contributed by atoms with Crippen molar-refractivity contribution < 1.29 is 19.5 Å². The van der Waals surface area contributed by atoms with Crippen molar-refractivity contribution in [1.82, 2.24) is 0 Å². The van der Waals surface area contributed by atoms with E-state index in [1.165, 1.54) is 11.8 Å². The molecule has 6 nitrogen and oxygen atoms in total.